The number of esters is 1. The Bertz CT molecular complexity index is 922. The van der Waals surface area contributed by atoms with Crippen molar-refractivity contribution in [2.45, 2.75) is 19.8 Å². The summed E-state index contributed by atoms with van der Waals surface area (Å²) in [6.07, 6.45) is 1.40. The molecule has 2 aromatic rings. The number of nitrogens with zero attached hydrogens (tertiary/aromatic N) is 1. The summed E-state index contributed by atoms with van der Waals surface area (Å²) in [6.45, 7) is 1.66. The Kier molecular flexibility index (Phi) is 6.23. The molecular weight excluding hydrogens is 374 g/mol. The summed E-state index contributed by atoms with van der Waals surface area (Å²) < 4.78 is 5.01. The van der Waals surface area contributed by atoms with Crippen molar-refractivity contribution in [3.8, 4) is 0 Å². The molecule has 0 aliphatic carbocycles. The SMILES string of the molecule is CC(=O)Nc1ccc(C(=O)OCC(=O)Nc2ccc(N3CCCC3=O)cc2)cc1. The molecule has 2 aromatic carbocycles. The van der Waals surface area contributed by atoms with Crippen LogP contribution in [0.2, 0.25) is 0 Å². The summed E-state index contributed by atoms with van der Waals surface area (Å²) in [5, 5.41) is 5.24. The molecule has 0 spiro atoms. The van der Waals surface area contributed by atoms with E-state index in [4.69, 9.17) is 4.74 Å². The predicted molar refractivity (Wildman–Crippen MR) is 108 cm³/mol. The van der Waals surface area contributed by atoms with Crippen molar-refractivity contribution in [1.82, 2.24) is 0 Å². The van der Waals surface area contributed by atoms with Crippen LogP contribution in [0.25, 0.3) is 0 Å². The van der Waals surface area contributed by atoms with E-state index in [2.05, 4.69) is 10.6 Å². The Morgan fingerprint density at radius 1 is 0.966 bits per heavy atom. The van der Waals surface area contributed by atoms with E-state index in [-0.39, 0.29) is 17.4 Å². The Labute approximate surface area is 167 Å². The molecule has 1 fully saturated rings. The highest BCUT2D eigenvalue weighted by Crippen LogP contribution is 2.23. The molecule has 8 nitrogen and oxygen atoms in total. The number of hydrogen-bond donors (Lipinski definition) is 2. The number of amides is 3. The van der Waals surface area contributed by atoms with Gasteiger partial charge in [0.2, 0.25) is 11.8 Å². The molecule has 0 atom stereocenters. The number of nitrogens with one attached hydrogen (secondary N) is 2. The number of carbonyl (C=O) groups excluding carboxylic acids is 4. The van der Waals surface area contributed by atoms with Crippen molar-refractivity contribution in [2.24, 2.45) is 0 Å². The lowest BCUT2D eigenvalue weighted by molar-refractivity contribution is -0.119. The minimum atomic E-state index is -0.641. The smallest absolute Gasteiger partial charge is 0.338 e. The molecule has 150 valence electrons. The van der Waals surface area contributed by atoms with Crippen LogP contribution in [0, 0.1) is 0 Å². The van der Waals surface area contributed by atoms with Gasteiger partial charge in [0, 0.05) is 37.0 Å². The second kappa shape index (κ2) is 9.01. The average Bonchev–Trinajstić information content (AvgIpc) is 3.13. The molecular formula is C21H21N3O5. The average molecular weight is 395 g/mol. The molecule has 0 aromatic heterocycles. The van der Waals surface area contributed by atoms with E-state index in [9.17, 15) is 19.2 Å². The fourth-order valence-electron chi connectivity index (χ4n) is 2.95. The lowest BCUT2D eigenvalue weighted by atomic mass is 10.2. The van der Waals surface area contributed by atoms with Crippen LogP contribution >= 0.6 is 0 Å². The molecule has 29 heavy (non-hydrogen) atoms. The van der Waals surface area contributed by atoms with Gasteiger partial charge in [-0.1, -0.05) is 0 Å². The van der Waals surface area contributed by atoms with Gasteiger partial charge in [-0.15, -0.1) is 0 Å². The van der Waals surface area contributed by atoms with E-state index in [0.717, 1.165) is 12.1 Å². The van der Waals surface area contributed by atoms with Gasteiger partial charge >= 0.3 is 5.97 Å². The van der Waals surface area contributed by atoms with Crippen molar-refractivity contribution in [2.75, 3.05) is 28.7 Å². The van der Waals surface area contributed by atoms with Crippen molar-refractivity contribution >= 4 is 40.8 Å². The van der Waals surface area contributed by atoms with Gasteiger partial charge in [-0.3, -0.25) is 14.4 Å². The lowest BCUT2D eigenvalue weighted by Crippen LogP contribution is -2.23. The second-order valence-corrected chi connectivity index (χ2v) is 6.58. The molecule has 0 saturated carbocycles. The van der Waals surface area contributed by atoms with Gasteiger partial charge < -0.3 is 20.3 Å². The summed E-state index contributed by atoms with van der Waals surface area (Å²) in [4.78, 5) is 48.5. The first kappa shape index (κ1) is 20.1. The Morgan fingerprint density at radius 3 is 2.17 bits per heavy atom. The van der Waals surface area contributed by atoms with Gasteiger partial charge in [-0.05, 0) is 55.0 Å². The predicted octanol–water partition coefficient (Wildman–Crippen LogP) is 2.57. The fourth-order valence-corrected chi connectivity index (χ4v) is 2.95. The van der Waals surface area contributed by atoms with Crippen LogP contribution in [-0.4, -0.2) is 36.8 Å². The largest absolute Gasteiger partial charge is 0.452 e. The minimum Gasteiger partial charge on any atom is -0.452 e. The topological polar surface area (TPSA) is 105 Å². The van der Waals surface area contributed by atoms with Crippen LogP contribution in [0.15, 0.2) is 48.5 Å². The molecule has 1 aliphatic heterocycles. The fraction of sp³-hybridized carbons (Fsp3) is 0.238. The summed E-state index contributed by atoms with van der Waals surface area (Å²) in [5.74, 6) is -1.23. The third kappa shape index (κ3) is 5.41. The Morgan fingerprint density at radius 2 is 1.59 bits per heavy atom. The van der Waals surface area contributed by atoms with E-state index in [1.165, 1.54) is 19.1 Å². The Balaban J connectivity index is 1.48. The monoisotopic (exact) mass is 395 g/mol. The molecule has 1 aliphatic rings. The summed E-state index contributed by atoms with van der Waals surface area (Å²) in [6, 6.07) is 13.1. The van der Waals surface area contributed by atoms with Gasteiger partial charge in [0.1, 0.15) is 0 Å². The third-order valence-electron chi connectivity index (χ3n) is 4.31. The number of rotatable bonds is 6. The highest BCUT2D eigenvalue weighted by Gasteiger charge is 2.21. The van der Waals surface area contributed by atoms with Crippen molar-refractivity contribution in [3.63, 3.8) is 0 Å². The highest BCUT2D eigenvalue weighted by atomic mass is 16.5. The number of benzene rings is 2. The molecule has 3 amide bonds. The van der Waals surface area contributed by atoms with Crippen LogP contribution in [-0.2, 0) is 19.1 Å². The van der Waals surface area contributed by atoms with E-state index in [1.54, 1.807) is 41.3 Å². The molecule has 0 radical (unpaired) electrons. The number of anilines is 3. The minimum absolute atomic E-state index is 0.0961. The van der Waals surface area contributed by atoms with Crippen molar-refractivity contribution < 1.29 is 23.9 Å². The summed E-state index contributed by atoms with van der Waals surface area (Å²) >= 11 is 0. The normalized spacial score (nSPS) is 13.1. The van der Waals surface area contributed by atoms with E-state index in [1.807, 2.05) is 0 Å². The molecule has 1 saturated heterocycles. The number of carbonyl (C=O) groups is 4. The quantitative estimate of drug-likeness (QED) is 0.732. The van der Waals surface area contributed by atoms with Gasteiger partial charge in [-0.25, -0.2) is 4.79 Å². The van der Waals surface area contributed by atoms with Crippen LogP contribution in [0.1, 0.15) is 30.1 Å². The number of hydrogen-bond acceptors (Lipinski definition) is 5. The van der Waals surface area contributed by atoms with Gasteiger partial charge in [0.25, 0.3) is 5.91 Å². The lowest BCUT2D eigenvalue weighted by Gasteiger charge is -2.16. The number of ether oxygens (including phenoxy) is 1. The van der Waals surface area contributed by atoms with E-state index in [0.29, 0.717) is 24.3 Å². The summed E-state index contributed by atoms with van der Waals surface area (Å²) in [7, 11) is 0. The van der Waals surface area contributed by atoms with Gasteiger partial charge in [0.15, 0.2) is 6.61 Å². The molecule has 2 N–H and O–H groups in total. The maximum atomic E-state index is 12.0. The van der Waals surface area contributed by atoms with Crippen molar-refractivity contribution in [3.05, 3.63) is 54.1 Å². The zero-order valence-corrected chi connectivity index (χ0v) is 15.9. The molecule has 0 unspecified atom stereocenters. The molecule has 0 bridgehead atoms. The van der Waals surface area contributed by atoms with Gasteiger partial charge in [0.05, 0.1) is 5.56 Å². The van der Waals surface area contributed by atoms with Crippen LogP contribution in [0.4, 0.5) is 17.1 Å². The molecule has 3 rings (SSSR count). The van der Waals surface area contributed by atoms with E-state index < -0.39 is 18.5 Å². The molecule has 8 heteroatoms. The summed E-state index contributed by atoms with van der Waals surface area (Å²) in [5.41, 5.74) is 2.16. The van der Waals surface area contributed by atoms with Crippen LogP contribution in [0.3, 0.4) is 0 Å². The maximum Gasteiger partial charge on any atom is 0.338 e. The van der Waals surface area contributed by atoms with E-state index >= 15 is 0 Å². The third-order valence-corrected chi connectivity index (χ3v) is 4.31. The standard InChI is InChI=1S/C21H21N3O5/c1-14(25)22-16-6-4-15(5-7-16)21(28)29-13-19(26)23-17-8-10-18(11-9-17)24-12-2-3-20(24)27/h4-11H,2-3,12-13H2,1H3,(H,22,25)(H,23,26). The van der Waals surface area contributed by atoms with Crippen LogP contribution in [0.5, 0.6) is 0 Å². The zero-order valence-electron chi connectivity index (χ0n) is 15.9. The highest BCUT2D eigenvalue weighted by molar-refractivity contribution is 5.97. The first-order valence-electron chi connectivity index (χ1n) is 9.17. The van der Waals surface area contributed by atoms with Crippen LogP contribution < -0.4 is 15.5 Å². The second-order valence-electron chi connectivity index (χ2n) is 6.58. The maximum absolute atomic E-state index is 12.0. The van der Waals surface area contributed by atoms with Gasteiger partial charge in [-0.2, -0.15) is 0 Å². The first-order valence-corrected chi connectivity index (χ1v) is 9.17. The van der Waals surface area contributed by atoms with Crippen molar-refractivity contribution in [1.29, 1.82) is 0 Å². The first-order chi connectivity index (χ1) is 13.9. The zero-order chi connectivity index (χ0) is 20.8. The Hall–Kier alpha value is -3.68. The molecule has 1 heterocycles.